The standard InChI is InChI=1S/C25H37N5O3/c1-17(2)23(26-25(31)20-10-14-32-16-20)24-28-27-22-9-11-29(12-13-30(22)24)15-19-5-7-21(8-6-19)33-18(3)4/h5-8,17-18,20,23H,9-16H2,1-4H3,(H,26,31). The molecule has 0 saturated carbocycles. The molecular weight excluding hydrogens is 418 g/mol. The van der Waals surface area contributed by atoms with Gasteiger partial charge >= 0.3 is 0 Å². The molecule has 4 rings (SSSR count). The zero-order valence-electron chi connectivity index (χ0n) is 20.3. The highest BCUT2D eigenvalue weighted by atomic mass is 16.5. The molecule has 1 aromatic heterocycles. The third-order valence-electron chi connectivity index (χ3n) is 6.39. The van der Waals surface area contributed by atoms with Crippen molar-refractivity contribution in [2.24, 2.45) is 11.8 Å². The normalized spacial score (nSPS) is 20.0. The number of hydrogen-bond donors (Lipinski definition) is 1. The summed E-state index contributed by atoms with van der Waals surface area (Å²) in [6.45, 7) is 13.0. The Hall–Kier alpha value is -2.45. The first-order valence-corrected chi connectivity index (χ1v) is 12.2. The minimum atomic E-state index is -0.153. The van der Waals surface area contributed by atoms with Crippen LogP contribution >= 0.6 is 0 Å². The molecule has 3 heterocycles. The van der Waals surface area contributed by atoms with Crippen LogP contribution in [-0.2, 0) is 29.0 Å². The van der Waals surface area contributed by atoms with Crippen LogP contribution in [0.2, 0.25) is 0 Å². The Morgan fingerprint density at radius 1 is 1.15 bits per heavy atom. The zero-order valence-corrected chi connectivity index (χ0v) is 20.3. The third kappa shape index (κ3) is 5.92. The fraction of sp³-hybridized carbons (Fsp3) is 0.640. The van der Waals surface area contributed by atoms with E-state index < -0.39 is 0 Å². The number of nitrogens with zero attached hydrogens (tertiary/aromatic N) is 4. The van der Waals surface area contributed by atoms with Crippen LogP contribution in [0.15, 0.2) is 24.3 Å². The lowest BCUT2D eigenvalue weighted by Crippen LogP contribution is -2.38. The van der Waals surface area contributed by atoms with Gasteiger partial charge in [-0.15, -0.1) is 10.2 Å². The van der Waals surface area contributed by atoms with E-state index in [1.54, 1.807) is 0 Å². The first-order chi connectivity index (χ1) is 15.9. The Morgan fingerprint density at radius 3 is 2.61 bits per heavy atom. The van der Waals surface area contributed by atoms with E-state index in [4.69, 9.17) is 9.47 Å². The Bertz CT molecular complexity index is 919. The SMILES string of the molecule is CC(C)Oc1ccc(CN2CCc3nnc(C(NC(=O)C4CCOC4)C(C)C)n3CC2)cc1. The van der Waals surface area contributed by atoms with Gasteiger partial charge in [-0.25, -0.2) is 0 Å². The van der Waals surface area contributed by atoms with Crippen LogP contribution < -0.4 is 10.1 Å². The molecular formula is C25H37N5O3. The molecule has 180 valence electrons. The number of rotatable bonds is 8. The number of carbonyl (C=O) groups excluding carboxylic acids is 1. The Morgan fingerprint density at radius 2 is 1.94 bits per heavy atom. The maximum Gasteiger partial charge on any atom is 0.226 e. The zero-order chi connectivity index (χ0) is 23.4. The van der Waals surface area contributed by atoms with E-state index in [-0.39, 0.29) is 29.9 Å². The van der Waals surface area contributed by atoms with Crippen molar-refractivity contribution in [3.63, 3.8) is 0 Å². The predicted octanol–water partition coefficient (Wildman–Crippen LogP) is 2.97. The predicted molar refractivity (Wildman–Crippen MR) is 126 cm³/mol. The molecule has 0 spiro atoms. The van der Waals surface area contributed by atoms with Crippen molar-refractivity contribution in [2.75, 3.05) is 26.3 Å². The van der Waals surface area contributed by atoms with Gasteiger partial charge in [0.15, 0.2) is 5.82 Å². The molecule has 2 aliphatic heterocycles. The number of benzene rings is 1. The summed E-state index contributed by atoms with van der Waals surface area (Å²) in [5, 5.41) is 12.3. The minimum Gasteiger partial charge on any atom is -0.491 e. The maximum absolute atomic E-state index is 12.8. The van der Waals surface area contributed by atoms with Crippen molar-refractivity contribution in [1.82, 2.24) is 25.0 Å². The van der Waals surface area contributed by atoms with E-state index in [0.717, 1.165) is 56.4 Å². The highest BCUT2D eigenvalue weighted by Crippen LogP contribution is 2.24. The van der Waals surface area contributed by atoms with Crippen LogP contribution in [0.3, 0.4) is 0 Å². The van der Waals surface area contributed by atoms with Gasteiger partial charge < -0.3 is 19.4 Å². The number of hydrogen-bond acceptors (Lipinski definition) is 6. The number of ether oxygens (including phenoxy) is 2. The largest absolute Gasteiger partial charge is 0.491 e. The Labute approximate surface area is 196 Å². The molecule has 1 aromatic carbocycles. The molecule has 1 N–H and O–H groups in total. The molecule has 1 amide bonds. The smallest absolute Gasteiger partial charge is 0.226 e. The van der Waals surface area contributed by atoms with Gasteiger partial charge in [0.05, 0.1) is 24.7 Å². The monoisotopic (exact) mass is 455 g/mol. The van der Waals surface area contributed by atoms with Crippen molar-refractivity contribution in [1.29, 1.82) is 0 Å². The summed E-state index contributed by atoms with van der Waals surface area (Å²) in [7, 11) is 0. The quantitative estimate of drug-likeness (QED) is 0.659. The third-order valence-corrected chi connectivity index (χ3v) is 6.39. The van der Waals surface area contributed by atoms with Gasteiger partial charge in [-0.3, -0.25) is 9.69 Å². The van der Waals surface area contributed by atoms with Crippen LogP contribution in [0.1, 0.15) is 57.4 Å². The van der Waals surface area contributed by atoms with E-state index in [1.807, 2.05) is 26.0 Å². The summed E-state index contributed by atoms with van der Waals surface area (Å²) < 4.78 is 13.4. The molecule has 2 atom stereocenters. The van der Waals surface area contributed by atoms with Gasteiger partial charge in [-0.05, 0) is 43.9 Å². The highest BCUT2D eigenvalue weighted by molar-refractivity contribution is 5.79. The van der Waals surface area contributed by atoms with Crippen LogP contribution in [0.5, 0.6) is 5.75 Å². The molecule has 1 saturated heterocycles. The Balaban J connectivity index is 1.40. The summed E-state index contributed by atoms with van der Waals surface area (Å²) >= 11 is 0. The number of amides is 1. The summed E-state index contributed by atoms with van der Waals surface area (Å²) in [6.07, 6.45) is 1.81. The average Bonchev–Trinajstić information content (AvgIpc) is 3.41. The first kappa shape index (κ1) is 23.7. The van der Waals surface area contributed by atoms with E-state index in [1.165, 1.54) is 5.56 Å². The lowest BCUT2D eigenvalue weighted by atomic mass is 10.0. The molecule has 2 unspecified atom stereocenters. The van der Waals surface area contributed by atoms with Gasteiger partial charge in [-0.1, -0.05) is 26.0 Å². The van der Waals surface area contributed by atoms with Gasteiger partial charge in [0.1, 0.15) is 11.6 Å². The summed E-state index contributed by atoms with van der Waals surface area (Å²) in [5.41, 5.74) is 1.27. The van der Waals surface area contributed by atoms with E-state index in [0.29, 0.717) is 13.2 Å². The first-order valence-electron chi connectivity index (χ1n) is 12.2. The second-order valence-electron chi connectivity index (χ2n) is 9.75. The van der Waals surface area contributed by atoms with Crippen molar-refractivity contribution < 1.29 is 14.3 Å². The molecule has 2 aliphatic rings. The van der Waals surface area contributed by atoms with E-state index in [9.17, 15) is 4.79 Å². The van der Waals surface area contributed by atoms with Gasteiger partial charge in [0.25, 0.3) is 0 Å². The second kappa shape index (κ2) is 10.7. The molecule has 0 bridgehead atoms. The molecule has 0 radical (unpaired) electrons. The van der Waals surface area contributed by atoms with Crippen molar-refractivity contribution in [3.8, 4) is 5.75 Å². The van der Waals surface area contributed by atoms with Crippen molar-refractivity contribution in [3.05, 3.63) is 41.5 Å². The number of fused-ring (bicyclic) bond motifs is 1. The number of carbonyl (C=O) groups is 1. The van der Waals surface area contributed by atoms with Crippen LogP contribution in [0.4, 0.5) is 0 Å². The molecule has 8 nitrogen and oxygen atoms in total. The van der Waals surface area contributed by atoms with Gasteiger partial charge in [0, 0.05) is 39.2 Å². The molecule has 33 heavy (non-hydrogen) atoms. The topological polar surface area (TPSA) is 81.5 Å². The lowest BCUT2D eigenvalue weighted by molar-refractivity contribution is -0.126. The average molecular weight is 456 g/mol. The van der Waals surface area contributed by atoms with Crippen LogP contribution in [0.25, 0.3) is 0 Å². The molecule has 2 aromatic rings. The summed E-state index contributed by atoms with van der Waals surface area (Å²) in [5.74, 6) is 2.98. The maximum atomic E-state index is 12.8. The fourth-order valence-corrected chi connectivity index (χ4v) is 4.52. The van der Waals surface area contributed by atoms with Crippen LogP contribution in [-0.4, -0.2) is 58.0 Å². The lowest BCUT2D eigenvalue weighted by Gasteiger charge is -2.24. The van der Waals surface area contributed by atoms with E-state index >= 15 is 0 Å². The van der Waals surface area contributed by atoms with E-state index in [2.05, 4.69) is 51.0 Å². The van der Waals surface area contributed by atoms with Crippen molar-refractivity contribution >= 4 is 5.91 Å². The minimum absolute atomic E-state index is 0.0590. The van der Waals surface area contributed by atoms with Crippen LogP contribution in [0, 0.1) is 11.8 Å². The number of nitrogens with one attached hydrogen (secondary N) is 1. The summed E-state index contributed by atoms with van der Waals surface area (Å²) in [6, 6.07) is 8.23. The molecule has 1 fully saturated rings. The van der Waals surface area contributed by atoms with Gasteiger partial charge in [0.2, 0.25) is 5.91 Å². The molecule has 0 aliphatic carbocycles. The van der Waals surface area contributed by atoms with Gasteiger partial charge in [-0.2, -0.15) is 0 Å². The van der Waals surface area contributed by atoms with Crippen molar-refractivity contribution in [2.45, 2.75) is 65.8 Å². The Kier molecular flexibility index (Phi) is 7.65. The number of aromatic nitrogens is 3. The fourth-order valence-electron chi connectivity index (χ4n) is 4.52. The second-order valence-corrected chi connectivity index (χ2v) is 9.75. The summed E-state index contributed by atoms with van der Waals surface area (Å²) in [4.78, 5) is 15.2. The highest BCUT2D eigenvalue weighted by Gasteiger charge is 2.31. The molecule has 8 heteroatoms.